The number of nitrogens with zero attached hydrogens (tertiary/aromatic N) is 1. The van der Waals surface area contributed by atoms with Crippen LogP contribution in [-0.4, -0.2) is 35.3 Å². The first kappa shape index (κ1) is 10.5. The molecule has 0 unspecified atom stereocenters. The average Bonchev–Trinajstić information content (AvgIpc) is 2.04. The lowest BCUT2D eigenvalue weighted by atomic mass is 9.84. The van der Waals surface area contributed by atoms with Crippen molar-refractivity contribution >= 4 is 11.8 Å². The van der Waals surface area contributed by atoms with Gasteiger partial charge in [0.05, 0.1) is 6.54 Å². The Morgan fingerprint density at radius 1 is 1.40 bits per heavy atom. The van der Waals surface area contributed by atoms with Gasteiger partial charge in [-0.05, 0) is 32.6 Å². The zero-order valence-electron chi connectivity index (χ0n) is 9.38. The van der Waals surface area contributed by atoms with Gasteiger partial charge in [0, 0.05) is 6.54 Å². The Hall–Kier alpha value is -1.06. The van der Waals surface area contributed by atoms with Crippen LogP contribution in [0.25, 0.3) is 0 Å². The number of hydrogen-bond donors (Lipinski definition) is 1. The topological polar surface area (TPSA) is 49.4 Å². The quantitative estimate of drug-likeness (QED) is 0.722. The number of piperazine rings is 1. The van der Waals surface area contributed by atoms with Gasteiger partial charge in [-0.15, -0.1) is 0 Å². The molecule has 2 aliphatic rings. The van der Waals surface area contributed by atoms with E-state index in [9.17, 15) is 9.59 Å². The molecule has 2 fully saturated rings. The van der Waals surface area contributed by atoms with Crippen LogP contribution in [0.2, 0.25) is 0 Å². The molecule has 0 aromatic carbocycles. The Kier molecular flexibility index (Phi) is 2.44. The van der Waals surface area contributed by atoms with Gasteiger partial charge in [-0.25, -0.2) is 0 Å². The normalized spacial score (nSPS) is 26.1. The molecule has 2 amide bonds. The zero-order valence-corrected chi connectivity index (χ0v) is 9.38. The highest BCUT2D eigenvalue weighted by molar-refractivity contribution is 5.97. The van der Waals surface area contributed by atoms with Crippen LogP contribution in [0.1, 0.15) is 33.1 Å². The highest BCUT2D eigenvalue weighted by Crippen LogP contribution is 2.28. The summed E-state index contributed by atoms with van der Waals surface area (Å²) in [5, 5.41) is 2.71. The third-order valence-electron chi connectivity index (χ3n) is 3.31. The van der Waals surface area contributed by atoms with E-state index in [0.29, 0.717) is 5.92 Å². The number of hydrogen-bond acceptors (Lipinski definition) is 2. The summed E-state index contributed by atoms with van der Waals surface area (Å²) in [7, 11) is 0. The van der Waals surface area contributed by atoms with Gasteiger partial charge in [-0.2, -0.15) is 0 Å². The first-order valence-corrected chi connectivity index (χ1v) is 5.59. The standard InChI is InChI=1S/C11H18N2O2/c1-11(2)10(15)13(7-9(14)12-11)6-8-4-3-5-8/h8H,3-7H2,1-2H3,(H,12,14). The van der Waals surface area contributed by atoms with Crippen LogP contribution in [0.5, 0.6) is 0 Å². The van der Waals surface area contributed by atoms with Gasteiger partial charge < -0.3 is 10.2 Å². The Bertz CT molecular complexity index is 295. The van der Waals surface area contributed by atoms with Gasteiger partial charge in [0.15, 0.2) is 0 Å². The van der Waals surface area contributed by atoms with Gasteiger partial charge in [0.1, 0.15) is 5.54 Å². The van der Waals surface area contributed by atoms with Crippen LogP contribution in [-0.2, 0) is 9.59 Å². The summed E-state index contributed by atoms with van der Waals surface area (Å²) in [4.78, 5) is 25.1. The molecule has 4 nitrogen and oxygen atoms in total. The van der Waals surface area contributed by atoms with E-state index >= 15 is 0 Å². The molecular weight excluding hydrogens is 192 g/mol. The lowest BCUT2D eigenvalue weighted by Gasteiger charge is -2.40. The first-order chi connectivity index (χ1) is 6.99. The Labute approximate surface area is 90.0 Å². The molecule has 0 radical (unpaired) electrons. The van der Waals surface area contributed by atoms with E-state index in [2.05, 4.69) is 5.32 Å². The molecule has 0 aromatic rings. The number of nitrogens with one attached hydrogen (secondary N) is 1. The molecule has 0 aromatic heterocycles. The molecule has 1 heterocycles. The minimum absolute atomic E-state index is 0.0427. The summed E-state index contributed by atoms with van der Waals surface area (Å²) in [6.45, 7) is 4.52. The highest BCUT2D eigenvalue weighted by atomic mass is 16.2. The van der Waals surface area contributed by atoms with Gasteiger partial charge in [-0.1, -0.05) is 6.42 Å². The fraction of sp³-hybridized carbons (Fsp3) is 0.818. The zero-order chi connectivity index (χ0) is 11.1. The largest absolute Gasteiger partial charge is 0.341 e. The van der Waals surface area contributed by atoms with Gasteiger partial charge in [-0.3, -0.25) is 9.59 Å². The lowest BCUT2D eigenvalue weighted by molar-refractivity contribution is -0.149. The van der Waals surface area contributed by atoms with E-state index < -0.39 is 5.54 Å². The predicted molar refractivity (Wildman–Crippen MR) is 56.1 cm³/mol. The van der Waals surface area contributed by atoms with E-state index in [1.807, 2.05) is 0 Å². The predicted octanol–water partition coefficient (Wildman–Crippen LogP) is 0.523. The van der Waals surface area contributed by atoms with Crippen LogP contribution in [0, 0.1) is 5.92 Å². The minimum atomic E-state index is -0.723. The van der Waals surface area contributed by atoms with E-state index in [0.717, 1.165) is 6.54 Å². The van der Waals surface area contributed by atoms with Crippen molar-refractivity contribution in [2.45, 2.75) is 38.6 Å². The fourth-order valence-electron chi connectivity index (χ4n) is 2.22. The van der Waals surface area contributed by atoms with Crippen LogP contribution in [0.4, 0.5) is 0 Å². The lowest BCUT2D eigenvalue weighted by Crippen LogP contribution is -2.64. The summed E-state index contributed by atoms with van der Waals surface area (Å²) in [5.74, 6) is 0.628. The first-order valence-electron chi connectivity index (χ1n) is 5.59. The molecule has 0 spiro atoms. The maximum Gasteiger partial charge on any atom is 0.248 e. The van der Waals surface area contributed by atoms with Crippen molar-refractivity contribution in [2.75, 3.05) is 13.1 Å². The molecule has 4 heteroatoms. The number of rotatable bonds is 2. The third kappa shape index (κ3) is 1.98. The smallest absolute Gasteiger partial charge is 0.248 e. The molecule has 1 aliphatic carbocycles. The molecule has 15 heavy (non-hydrogen) atoms. The second kappa shape index (κ2) is 3.51. The molecule has 1 saturated heterocycles. The molecule has 84 valence electrons. The Balaban J connectivity index is 2.02. The van der Waals surface area contributed by atoms with Crippen LogP contribution in [0.3, 0.4) is 0 Å². The molecule has 0 bridgehead atoms. The number of carbonyl (C=O) groups excluding carboxylic acids is 2. The molecule has 0 atom stereocenters. The second-order valence-electron chi connectivity index (χ2n) is 5.16. The molecule has 1 aliphatic heterocycles. The maximum absolute atomic E-state index is 12.0. The van der Waals surface area contributed by atoms with Crippen LogP contribution < -0.4 is 5.32 Å². The molecule has 1 N–H and O–H groups in total. The number of amides is 2. The third-order valence-corrected chi connectivity index (χ3v) is 3.31. The van der Waals surface area contributed by atoms with Crippen molar-refractivity contribution < 1.29 is 9.59 Å². The number of carbonyl (C=O) groups is 2. The SMILES string of the molecule is CC1(C)NC(=O)CN(CC2CCC2)C1=O. The summed E-state index contributed by atoms with van der Waals surface area (Å²) < 4.78 is 0. The fourth-order valence-corrected chi connectivity index (χ4v) is 2.22. The molecular formula is C11H18N2O2. The van der Waals surface area contributed by atoms with Crippen molar-refractivity contribution in [2.24, 2.45) is 5.92 Å². The summed E-state index contributed by atoms with van der Waals surface area (Å²) in [6, 6.07) is 0. The van der Waals surface area contributed by atoms with Crippen molar-refractivity contribution in [1.82, 2.24) is 10.2 Å². The van der Waals surface area contributed by atoms with E-state index in [4.69, 9.17) is 0 Å². The molecule has 2 rings (SSSR count). The van der Waals surface area contributed by atoms with Gasteiger partial charge in [0.25, 0.3) is 0 Å². The Morgan fingerprint density at radius 2 is 2.07 bits per heavy atom. The summed E-state index contributed by atoms with van der Waals surface area (Å²) in [5.41, 5.74) is -0.723. The van der Waals surface area contributed by atoms with Crippen molar-refractivity contribution in [3.05, 3.63) is 0 Å². The monoisotopic (exact) mass is 210 g/mol. The summed E-state index contributed by atoms with van der Waals surface area (Å²) >= 11 is 0. The van der Waals surface area contributed by atoms with Crippen molar-refractivity contribution in [1.29, 1.82) is 0 Å². The van der Waals surface area contributed by atoms with Crippen molar-refractivity contribution in [3.63, 3.8) is 0 Å². The summed E-state index contributed by atoms with van der Waals surface area (Å²) in [6.07, 6.45) is 3.67. The van der Waals surface area contributed by atoms with Crippen LogP contribution in [0.15, 0.2) is 0 Å². The second-order valence-corrected chi connectivity index (χ2v) is 5.16. The van der Waals surface area contributed by atoms with Crippen LogP contribution >= 0.6 is 0 Å². The van der Waals surface area contributed by atoms with Gasteiger partial charge >= 0.3 is 0 Å². The van der Waals surface area contributed by atoms with E-state index in [-0.39, 0.29) is 18.4 Å². The van der Waals surface area contributed by atoms with E-state index in [1.165, 1.54) is 19.3 Å². The van der Waals surface area contributed by atoms with Gasteiger partial charge in [0.2, 0.25) is 11.8 Å². The Morgan fingerprint density at radius 3 is 2.60 bits per heavy atom. The average molecular weight is 210 g/mol. The minimum Gasteiger partial charge on any atom is -0.341 e. The van der Waals surface area contributed by atoms with Crippen molar-refractivity contribution in [3.8, 4) is 0 Å². The highest BCUT2D eigenvalue weighted by Gasteiger charge is 2.40. The maximum atomic E-state index is 12.0. The van der Waals surface area contributed by atoms with E-state index in [1.54, 1.807) is 18.7 Å². The molecule has 1 saturated carbocycles.